The Balaban J connectivity index is 1.54. The van der Waals surface area contributed by atoms with Gasteiger partial charge >= 0.3 is 0 Å². The van der Waals surface area contributed by atoms with Gasteiger partial charge in [0.05, 0.1) is 5.01 Å². The lowest BCUT2D eigenvalue weighted by molar-refractivity contribution is 0.139. The average Bonchev–Trinajstić information content (AvgIpc) is 3.07. The molecule has 1 aromatic rings. The van der Waals surface area contributed by atoms with Crippen LogP contribution < -0.4 is 10.6 Å². The van der Waals surface area contributed by atoms with Crippen molar-refractivity contribution in [3.8, 4) is 0 Å². The average molecular weight is 380 g/mol. The van der Waals surface area contributed by atoms with Crippen molar-refractivity contribution < 1.29 is 0 Å². The van der Waals surface area contributed by atoms with Crippen molar-refractivity contribution in [3.63, 3.8) is 0 Å². The molecule has 6 heteroatoms. The van der Waals surface area contributed by atoms with E-state index >= 15 is 0 Å². The fourth-order valence-electron chi connectivity index (χ4n) is 3.78. The van der Waals surface area contributed by atoms with Gasteiger partial charge in [0.1, 0.15) is 0 Å². The van der Waals surface area contributed by atoms with Crippen LogP contribution in [0.25, 0.3) is 0 Å². The van der Waals surface area contributed by atoms with Crippen molar-refractivity contribution in [2.45, 2.75) is 52.9 Å². The molecule has 1 aliphatic heterocycles. The molecule has 2 heterocycles. The van der Waals surface area contributed by atoms with Crippen LogP contribution in [0.15, 0.2) is 11.2 Å². The van der Waals surface area contributed by atoms with E-state index in [1.54, 1.807) is 0 Å². The number of aliphatic imine (C=N–C) groups is 1. The van der Waals surface area contributed by atoms with Crippen molar-refractivity contribution in [1.82, 2.24) is 20.5 Å². The highest BCUT2D eigenvalue weighted by Crippen LogP contribution is 2.20. The number of thiazole rings is 1. The summed E-state index contributed by atoms with van der Waals surface area (Å²) in [5.74, 6) is 2.61. The highest BCUT2D eigenvalue weighted by molar-refractivity contribution is 7.11. The molecule has 0 amide bonds. The van der Waals surface area contributed by atoms with Crippen LogP contribution in [0.4, 0.5) is 0 Å². The topological polar surface area (TPSA) is 52.6 Å². The molecule has 0 aliphatic carbocycles. The summed E-state index contributed by atoms with van der Waals surface area (Å²) >= 11 is 1.81. The fourth-order valence-corrected chi connectivity index (χ4v) is 4.64. The van der Waals surface area contributed by atoms with Crippen molar-refractivity contribution in [1.29, 1.82) is 0 Å². The lowest BCUT2D eigenvalue weighted by Crippen LogP contribution is -2.40. The van der Waals surface area contributed by atoms with Gasteiger partial charge in [-0.25, -0.2) is 4.98 Å². The molecular formula is C20H37N5S. The SMILES string of the molecule is CCc1cnc(CCNC(=NC)NCCCCN2CC(C)CC(C)C2)s1. The molecule has 0 saturated carbocycles. The predicted octanol–water partition coefficient (Wildman–Crippen LogP) is 3.17. The maximum Gasteiger partial charge on any atom is 0.190 e. The van der Waals surface area contributed by atoms with Crippen LogP contribution in [-0.4, -0.2) is 55.6 Å². The maximum atomic E-state index is 4.46. The first-order valence-electron chi connectivity index (χ1n) is 10.2. The lowest BCUT2D eigenvalue weighted by atomic mass is 9.92. The zero-order valence-corrected chi connectivity index (χ0v) is 17.9. The fraction of sp³-hybridized carbons (Fsp3) is 0.800. The Bertz CT molecular complexity index is 532. The third-order valence-corrected chi connectivity index (χ3v) is 6.14. The van der Waals surface area contributed by atoms with Gasteiger partial charge in [0.2, 0.25) is 0 Å². The van der Waals surface area contributed by atoms with E-state index in [-0.39, 0.29) is 0 Å². The van der Waals surface area contributed by atoms with Crippen LogP contribution in [0.3, 0.4) is 0 Å². The third kappa shape index (κ3) is 7.62. The molecule has 2 unspecified atom stereocenters. The van der Waals surface area contributed by atoms with Gasteiger partial charge in [-0.3, -0.25) is 4.99 Å². The van der Waals surface area contributed by atoms with Crippen LogP contribution in [-0.2, 0) is 12.8 Å². The molecule has 1 aromatic heterocycles. The van der Waals surface area contributed by atoms with Gasteiger partial charge in [0.15, 0.2) is 5.96 Å². The third-order valence-electron chi connectivity index (χ3n) is 4.94. The van der Waals surface area contributed by atoms with Crippen LogP contribution in [0.5, 0.6) is 0 Å². The molecule has 5 nitrogen and oxygen atoms in total. The van der Waals surface area contributed by atoms with E-state index in [0.29, 0.717) is 0 Å². The van der Waals surface area contributed by atoms with E-state index in [1.165, 1.54) is 48.8 Å². The molecule has 148 valence electrons. The Hall–Kier alpha value is -1.14. The summed E-state index contributed by atoms with van der Waals surface area (Å²) in [7, 11) is 1.84. The van der Waals surface area contributed by atoms with E-state index in [9.17, 15) is 0 Å². The zero-order chi connectivity index (χ0) is 18.8. The lowest BCUT2D eigenvalue weighted by Gasteiger charge is -2.34. The second-order valence-electron chi connectivity index (χ2n) is 7.66. The van der Waals surface area contributed by atoms with Gasteiger partial charge in [0, 0.05) is 50.7 Å². The van der Waals surface area contributed by atoms with Crippen LogP contribution >= 0.6 is 11.3 Å². The smallest absolute Gasteiger partial charge is 0.190 e. The van der Waals surface area contributed by atoms with Gasteiger partial charge in [-0.15, -0.1) is 11.3 Å². The minimum absolute atomic E-state index is 0.853. The standard InChI is InChI=1S/C20H37N5S/c1-5-18-13-24-19(26-18)8-10-23-20(21-4)22-9-6-7-11-25-14-16(2)12-17(3)15-25/h13,16-17H,5-12,14-15H2,1-4H3,(H2,21,22,23). The second-order valence-corrected chi connectivity index (χ2v) is 8.86. The molecule has 2 atom stereocenters. The molecule has 0 spiro atoms. The van der Waals surface area contributed by atoms with E-state index in [4.69, 9.17) is 0 Å². The summed E-state index contributed by atoms with van der Waals surface area (Å²) < 4.78 is 0. The summed E-state index contributed by atoms with van der Waals surface area (Å²) in [5, 5.41) is 8.03. The number of guanidine groups is 1. The molecule has 0 aromatic carbocycles. The number of hydrogen-bond acceptors (Lipinski definition) is 4. The summed E-state index contributed by atoms with van der Waals surface area (Å²) in [5.41, 5.74) is 0. The molecule has 1 aliphatic rings. The maximum absolute atomic E-state index is 4.46. The zero-order valence-electron chi connectivity index (χ0n) is 17.1. The molecular weight excluding hydrogens is 342 g/mol. The number of piperidine rings is 1. The van der Waals surface area contributed by atoms with Gasteiger partial charge in [-0.1, -0.05) is 20.8 Å². The summed E-state index contributed by atoms with van der Waals surface area (Å²) in [6, 6.07) is 0. The van der Waals surface area contributed by atoms with Gasteiger partial charge in [-0.05, 0) is 44.1 Å². The first kappa shape index (κ1) is 21.2. The first-order valence-corrected chi connectivity index (χ1v) is 11.0. The molecule has 2 N–H and O–H groups in total. The number of aryl methyl sites for hydroxylation is 1. The highest BCUT2D eigenvalue weighted by Gasteiger charge is 2.20. The minimum Gasteiger partial charge on any atom is -0.356 e. The van der Waals surface area contributed by atoms with Gasteiger partial charge in [0.25, 0.3) is 0 Å². The highest BCUT2D eigenvalue weighted by atomic mass is 32.1. The van der Waals surface area contributed by atoms with Gasteiger partial charge < -0.3 is 15.5 Å². The van der Waals surface area contributed by atoms with E-state index < -0.39 is 0 Å². The molecule has 1 fully saturated rings. The first-order chi connectivity index (χ1) is 12.6. The van der Waals surface area contributed by atoms with Gasteiger partial charge in [-0.2, -0.15) is 0 Å². The van der Waals surface area contributed by atoms with Crippen molar-refractivity contribution in [3.05, 3.63) is 16.1 Å². The molecule has 0 bridgehead atoms. The number of likely N-dealkylation sites (tertiary alicyclic amines) is 1. The van der Waals surface area contributed by atoms with E-state index in [1.807, 2.05) is 24.6 Å². The molecule has 2 rings (SSSR count). The minimum atomic E-state index is 0.853. The number of hydrogen-bond donors (Lipinski definition) is 2. The Morgan fingerprint density at radius 3 is 2.62 bits per heavy atom. The van der Waals surface area contributed by atoms with Crippen molar-refractivity contribution in [2.75, 3.05) is 39.8 Å². The Labute approximate surface area is 163 Å². The largest absolute Gasteiger partial charge is 0.356 e. The summed E-state index contributed by atoms with van der Waals surface area (Å²) in [6.45, 7) is 12.6. The second kappa shape index (κ2) is 11.5. The van der Waals surface area contributed by atoms with Crippen LogP contribution in [0.1, 0.15) is 49.9 Å². The molecule has 26 heavy (non-hydrogen) atoms. The van der Waals surface area contributed by atoms with E-state index in [0.717, 1.165) is 43.7 Å². The van der Waals surface area contributed by atoms with Crippen molar-refractivity contribution >= 4 is 17.3 Å². The number of nitrogens with zero attached hydrogens (tertiary/aromatic N) is 3. The molecule has 1 saturated heterocycles. The number of aromatic nitrogens is 1. The Kier molecular flexibility index (Phi) is 9.40. The number of rotatable bonds is 9. The number of nitrogens with one attached hydrogen (secondary N) is 2. The Morgan fingerprint density at radius 1 is 1.23 bits per heavy atom. The number of unbranched alkanes of at least 4 members (excludes halogenated alkanes) is 1. The molecule has 0 radical (unpaired) electrons. The van der Waals surface area contributed by atoms with Crippen molar-refractivity contribution in [2.24, 2.45) is 16.8 Å². The summed E-state index contributed by atoms with van der Waals surface area (Å²) in [6.07, 6.45) is 7.85. The predicted molar refractivity (Wildman–Crippen MR) is 113 cm³/mol. The Morgan fingerprint density at radius 2 is 1.96 bits per heavy atom. The quantitative estimate of drug-likeness (QED) is 0.393. The normalized spacial score (nSPS) is 21.8. The summed E-state index contributed by atoms with van der Waals surface area (Å²) in [4.78, 5) is 12.8. The van der Waals surface area contributed by atoms with Crippen LogP contribution in [0.2, 0.25) is 0 Å². The van der Waals surface area contributed by atoms with E-state index in [2.05, 4.69) is 46.3 Å². The monoisotopic (exact) mass is 379 g/mol. The van der Waals surface area contributed by atoms with Crippen LogP contribution in [0, 0.1) is 11.8 Å².